The molecule has 0 saturated heterocycles. The van der Waals surface area contributed by atoms with Gasteiger partial charge in [0.25, 0.3) is 0 Å². The second kappa shape index (κ2) is 12.0. The molecular weight excluding hydrogens is 336 g/mol. The predicted octanol–water partition coefficient (Wildman–Crippen LogP) is 3.42. The van der Waals surface area contributed by atoms with E-state index < -0.39 is 0 Å². The Balaban J connectivity index is 2.03. The van der Waals surface area contributed by atoms with Crippen LogP contribution in [0, 0.1) is 0 Å². The summed E-state index contributed by atoms with van der Waals surface area (Å²) in [6, 6.07) is 8.10. The van der Waals surface area contributed by atoms with Gasteiger partial charge in [-0.15, -0.1) is 0 Å². The Morgan fingerprint density at radius 1 is 1.00 bits per heavy atom. The van der Waals surface area contributed by atoms with Crippen LogP contribution in [0.2, 0.25) is 0 Å². The van der Waals surface area contributed by atoms with Crippen molar-refractivity contribution in [3.63, 3.8) is 0 Å². The quantitative estimate of drug-likeness (QED) is 0.422. The molecule has 0 aromatic heterocycles. The Morgan fingerprint density at radius 3 is 2.38 bits per heavy atom. The largest absolute Gasteiger partial charge is 0.493 e. The highest BCUT2D eigenvalue weighted by Gasteiger charge is 2.03. The van der Waals surface area contributed by atoms with Crippen molar-refractivity contribution >= 4 is 15.9 Å². The van der Waals surface area contributed by atoms with E-state index >= 15 is 0 Å². The van der Waals surface area contributed by atoms with E-state index in [0.29, 0.717) is 33.0 Å². The average molecular weight is 361 g/mol. The molecular formula is C16H25BrO4. The van der Waals surface area contributed by atoms with Crippen LogP contribution < -0.4 is 4.74 Å². The van der Waals surface area contributed by atoms with Crippen molar-refractivity contribution < 1.29 is 18.9 Å². The van der Waals surface area contributed by atoms with E-state index in [-0.39, 0.29) is 6.10 Å². The van der Waals surface area contributed by atoms with E-state index in [1.54, 1.807) is 7.11 Å². The van der Waals surface area contributed by atoms with E-state index in [0.717, 1.165) is 17.5 Å². The van der Waals surface area contributed by atoms with Crippen molar-refractivity contribution in [2.24, 2.45) is 0 Å². The summed E-state index contributed by atoms with van der Waals surface area (Å²) in [6.45, 7) is 5.14. The fraction of sp³-hybridized carbons (Fsp3) is 0.625. The third kappa shape index (κ3) is 9.09. The summed E-state index contributed by atoms with van der Waals surface area (Å²) in [5, 5.41) is 0.866. The Labute approximate surface area is 135 Å². The number of ether oxygens (including phenoxy) is 4. The average Bonchev–Trinajstić information content (AvgIpc) is 2.51. The Kier molecular flexibility index (Phi) is 10.5. The van der Waals surface area contributed by atoms with E-state index in [9.17, 15) is 0 Å². The first-order valence-corrected chi connectivity index (χ1v) is 8.34. The van der Waals surface area contributed by atoms with Gasteiger partial charge in [-0.2, -0.15) is 0 Å². The van der Waals surface area contributed by atoms with Gasteiger partial charge in [0, 0.05) is 18.9 Å². The molecule has 0 N–H and O–H groups in total. The van der Waals surface area contributed by atoms with Gasteiger partial charge in [-0.05, 0) is 24.6 Å². The highest BCUT2D eigenvalue weighted by Crippen LogP contribution is 2.14. The number of alkyl halides is 1. The molecule has 0 heterocycles. The van der Waals surface area contributed by atoms with Gasteiger partial charge < -0.3 is 18.9 Å². The van der Waals surface area contributed by atoms with Gasteiger partial charge >= 0.3 is 0 Å². The lowest BCUT2D eigenvalue weighted by Gasteiger charge is -2.14. The first-order chi connectivity index (χ1) is 10.3. The molecule has 0 aliphatic carbocycles. The van der Waals surface area contributed by atoms with Crippen molar-refractivity contribution in [1.29, 1.82) is 0 Å². The van der Waals surface area contributed by atoms with E-state index in [1.165, 1.54) is 5.56 Å². The van der Waals surface area contributed by atoms with Gasteiger partial charge in [0.05, 0.1) is 39.1 Å². The second-order valence-corrected chi connectivity index (χ2v) is 5.26. The zero-order chi connectivity index (χ0) is 15.3. The molecule has 1 aromatic rings. The first kappa shape index (κ1) is 18.4. The van der Waals surface area contributed by atoms with Crippen LogP contribution in [-0.4, -0.2) is 46.2 Å². The summed E-state index contributed by atoms with van der Waals surface area (Å²) >= 11 is 3.42. The molecule has 0 amide bonds. The highest BCUT2D eigenvalue weighted by molar-refractivity contribution is 9.08. The standard InChI is InChI=1S/C16H25BrO4/c1-14(20-12-11-19-10-9-18-2)7-8-21-16-5-3-15(13-17)4-6-16/h3-6,14H,7-13H2,1-2H3. The second-order valence-electron chi connectivity index (χ2n) is 4.70. The molecule has 0 fully saturated rings. The fourth-order valence-corrected chi connectivity index (χ4v) is 2.03. The number of benzene rings is 1. The fourth-order valence-electron chi connectivity index (χ4n) is 1.65. The number of methoxy groups -OCH3 is 1. The van der Waals surface area contributed by atoms with Gasteiger partial charge in [0.1, 0.15) is 5.75 Å². The van der Waals surface area contributed by atoms with E-state index in [4.69, 9.17) is 18.9 Å². The molecule has 21 heavy (non-hydrogen) atoms. The molecule has 1 aromatic carbocycles. The topological polar surface area (TPSA) is 36.9 Å². The summed E-state index contributed by atoms with van der Waals surface area (Å²) in [7, 11) is 1.66. The molecule has 1 atom stereocenters. The summed E-state index contributed by atoms with van der Waals surface area (Å²) in [4.78, 5) is 0. The van der Waals surface area contributed by atoms with Crippen LogP contribution in [0.25, 0.3) is 0 Å². The lowest BCUT2D eigenvalue weighted by atomic mass is 10.2. The lowest BCUT2D eigenvalue weighted by molar-refractivity contribution is -0.00615. The molecule has 0 radical (unpaired) electrons. The molecule has 0 saturated carbocycles. The number of halogens is 1. The van der Waals surface area contributed by atoms with Crippen molar-refractivity contribution in [2.45, 2.75) is 24.8 Å². The zero-order valence-corrected chi connectivity index (χ0v) is 14.4. The molecule has 0 aliphatic rings. The van der Waals surface area contributed by atoms with Gasteiger partial charge in [0.15, 0.2) is 0 Å². The third-order valence-corrected chi connectivity index (χ3v) is 3.58. The minimum absolute atomic E-state index is 0.165. The SMILES string of the molecule is COCCOCCOC(C)CCOc1ccc(CBr)cc1. The molecule has 1 unspecified atom stereocenters. The van der Waals surface area contributed by atoms with Crippen LogP contribution in [0.3, 0.4) is 0 Å². The summed E-state index contributed by atoms with van der Waals surface area (Å²) in [6.07, 6.45) is 1.02. The van der Waals surface area contributed by atoms with Gasteiger partial charge in [-0.25, -0.2) is 0 Å². The molecule has 4 nitrogen and oxygen atoms in total. The van der Waals surface area contributed by atoms with E-state index in [1.807, 2.05) is 19.1 Å². The van der Waals surface area contributed by atoms with Crippen molar-refractivity contribution in [1.82, 2.24) is 0 Å². The number of hydrogen-bond acceptors (Lipinski definition) is 4. The highest BCUT2D eigenvalue weighted by atomic mass is 79.9. The maximum absolute atomic E-state index is 5.69. The van der Waals surface area contributed by atoms with Crippen molar-refractivity contribution in [2.75, 3.05) is 40.1 Å². The summed E-state index contributed by atoms with van der Waals surface area (Å²) < 4.78 is 21.6. The van der Waals surface area contributed by atoms with Crippen molar-refractivity contribution in [3.8, 4) is 5.75 Å². The van der Waals surface area contributed by atoms with E-state index in [2.05, 4.69) is 28.1 Å². The van der Waals surface area contributed by atoms with Gasteiger partial charge in [0.2, 0.25) is 0 Å². The maximum Gasteiger partial charge on any atom is 0.119 e. The van der Waals surface area contributed by atoms with Crippen molar-refractivity contribution in [3.05, 3.63) is 29.8 Å². The predicted molar refractivity (Wildman–Crippen MR) is 87.3 cm³/mol. The van der Waals surface area contributed by atoms with Gasteiger partial charge in [-0.1, -0.05) is 28.1 Å². The molecule has 0 bridgehead atoms. The Bertz CT molecular complexity index is 356. The Morgan fingerprint density at radius 2 is 1.71 bits per heavy atom. The van der Waals surface area contributed by atoms with Crippen LogP contribution in [0.5, 0.6) is 5.75 Å². The first-order valence-electron chi connectivity index (χ1n) is 7.22. The third-order valence-electron chi connectivity index (χ3n) is 2.93. The molecule has 0 aliphatic heterocycles. The van der Waals surface area contributed by atoms with Crippen LogP contribution in [0.4, 0.5) is 0 Å². The zero-order valence-electron chi connectivity index (χ0n) is 12.8. The number of hydrogen-bond donors (Lipinski definition) is 0. The van der Waals surface area contributed by atoms with Crippen LogP contribution in [0.1, 0.15) is 18.9 Å². The normalized spacial score (nSPS) is 12.3. The minimum Gasteiger partial charge on any atom is -0.493 e. The summed E-state index contributed by atoms with van der Waals surface area (Å²) in [5.74, 6) is 0.898. The van der Waals surface area contributed by atoms with Crippen LogP contribution in [0.15, 0.2) is 24.3 Å². The monoisotopic (exact) mass is 360 g/mol. The van der Waals surface area contributed by atoms with Crippen LogP contribution in [-0.2, 0) is 19.5 Å². The minimum atomic E-state index is 0.165. The summed E-state index contributed by atoms with van der Waals surface area (Å²) in [5.41, 5.74) is 1.24. The smallest absolute Gasteiger partial charge is 0.119 e. The lowest BCUT2D eigenvalue weighted by Crippen LogP contribution is -2.16. The molecule has 120 valence electrons. The van der Waals surface area contributed by atoms with Gasteiger partial charge in [-0.3, -0.25) is 0 Å². The number of rotatable bonds is 12. The molecule has 5 heteroatoms. The Hall–Kier alpha value is -0.620. The molecule has 1 rings (SSSR count). The molecule has 0 spiro atoms. The maximum atomic E-state index is 5.69. The van der Waals surface area contributed by atoms with Crippen LogP contribution >= 0.6 is 15.9 Å².